The maximum Gasteiger partial charge on any atom is 0.251 e. The van der Waals surface area contributed by atoms with E-state index in [0.29, 0.717) is 42.7 Å². The Morgan fingerprint density at radius 2 is 1.90 bits per heavy atom. The molecule has 2 heterocycles. The molecule has 0 saturated carbocycles. The van der Waals surface area contributed by atoms with Gasteiger partial charge in [0.25, 0.3) is 5.91 Å². The van der Waals surface area contributed by atoms with E-state index in [9.17, 15) is 18.0 Å². The molecule has 4 rings (SSSR count). The van der Waals surface area contributed by atoms with Gasteiger partial charge in [-0.25, -0.2) is 8.42 Å². The summed E-state index contributed by atoms with van der Waals surface area (Å²) in [6.07, 6.45) is 1.63. The van der Waals surface area contributed by atoms with Gasteiger partial charge in [-0.05, 0) is 42.7 Å². The number of likely N-dealkylation sites (tertiary alicyclic amines) is 1. The first-order valence-electron chi connectivity index (χ1n) is 9.98. The minimum atomic E-state index is -3.61. The Morgan fingerprint density at radius 1 is 1.13 bits per heavy atom. The van der Waals surface area contributed by atoms with Crippen LogP contribution < -0.4 is 15.4 Å². The second-order valence-electron chi connectivity index (χ2n) is 7.41. The molecular formula is C21H24N4O4S. The third-order valence-corrected chi connectivity index (χ3v) is 6.80. The third-order valence-electron chi connectivity index (χ3n) is 5.32. The molecule has 2 amide bonds. The summed E-state index contributed by atoms with van der Waals surface area (Å²) in [5, 5.41) is 6.03. The number of carbonyl (C=O) groups is 2. The van der Waals surface area contributed by atoms with Crippen LogP contribution in [0.2, 0.25) is 0 Å². The fraction of sp³-hybridized carbons (Fsp3) is 0.333. The van der Waals surface area contributed by atoms with Crippen molar-refractivity contribution in [2.75, 3.05) is 25.0 Å². The van der Waals surface area contributed by atoms with Crippen LogP contribution >= 0.6 is 0 Å². The van der Waals surface area contributed by atoms with Gasteiger partial charge in [0.15, 0.2) is 0 Å². The van der Waals surface area contributed by atoms with Crippen LogP contribution in [0.15, 0.2) is 53.4 Å². The number of hydrogen-bond acceptors (Lipinski definition) is 5. The number of benzene rings is 2. The number of nitrogens with one attached hydrogen (secondary N) is 3. The zero-order valence-corrected chi connectivity index (χ0v) is 17.2. The molecule has 0 aliphatic carbocycles. The summed E-state index contributed by atoms with van der Waals surface area (Å²) in [6.45, 7) is 1.95. The molecule has 0 aromatic heterocycles. The second kappa shape index (κ2) is 8.45. The van der Waals surface area contributed by atoms with Gasteiger partial charge in [-0.2, -0.15) is 4.72 Å². The van der Waals surface area contributed by atoms with Crippen LogP contribution in [0.4, 0.5) is 5.69 Å². The Kier molecular flexibility index (Phi) is 5.74. The summed E-state index contributed by atoms with van der Waals surface area (Å²) in [6, 6.07) is 13.5. The third kappa shape index (κ3) is 4.31. The highest BCUT2D eigenvalue weighted by atomic mass is 32.2. The Balaban J connectivity index is 1.34. The molecule has 30 heavy (non-hydrogen) atoms. The molecule has 2 aromatic carbocycles. The van der Waals surface area contributed by atoms with E-state index in [-0.39, 0.29) is 16.7 Å². The van der Waals surface area contributed by atoms with E-state index in [0.717, 1.165) is 13.0 Å². The van der Waals surface area contributed by atoms with Gasteiger partial charge in [-0.1, -0.05) is 24.3 Å². The van der Waals surface area contributed by atoms with Crippen LogP contribution in [0.5, 0.6) is 0 Å². The quantitative estimate of drug-likeness (QED) is 0.609. The zero-order valence-electron chi connectivity index (χ0n) is 16.4. The van der Waals surface area contributed by atoms with Crippen molar-refractivity contribution in [3.63, 3.8) is 0 Å². The lowest BCUT2D eigenvalue weighted by Gasteiger charge is -2.28. The van der Waals surface area contributed by atoms with Crippen molar-refractivity contribution in [3.8, 4) is 0 Å². The first-order valence-corrected chi connectivity index (χ1v) is 11.5. The average molecular weight is 429 g/mol. The first kappa shape index (κ1) is 20.4. The monoisotopic (exact) mass is 428 g/mol. The predicted octanol–water partition coefficient (Wildman–Crippen LogP) is 1.83. The van der Waals surface area contributed by atoms with E-state index in [2.05, 4.69) is 15.4 Å². The number of para-hydroxylation sites is 1. The van der Waals surface area contributed by atoms with E-state index in [1.807, 2.05) is 4.90 Å². The number of amides is 2. The van der Waals surface area contributed by atoms with Gasteiger partial charge in [0.2, 0.25) is 15.9 Å². The number of nitrogens with zero attached hydrogens (tertiary/aromatic N) is 1. The normalized spacial score (nSPS) is 19.8. The van der Waals surface area contributed by atoms with Crippen molar-refractivity contribution >= 4 is 27.5 Å². The van der Waals surface area contributed by atoms with Crippen LogP contribution in [-0.4, -0.2) is 44.8 Å². The van der Waals surface area contributed by atoms with Crippen molar-refractivity contribution in [2.24, 2.45) is 0 Å². The molecule has 3 N–H and O–H groups in total. The number of carbonyl (C=O) groups excluding carboxylic acids is 2. The summed E-state index contributed by atoms with van der Waals surface area (Å²) < 4.78 is 27.5. The smallest absolute Gasteiger partial charge is 0.251 e. The van der Waals surface area contributed by atoms with E-state index in [4.69, 9.17) is 0 Å². The van der Waals surface area contributed by atoms with Crippen molar-refractivity contribution < 1.29 is 18.0 Å². The molecule has 0 spiro atoms. The maximum atomic E-state index is 12.5. The molecule has 158 valence electrons. The van der Waals surface area contributed by atoms with Crippen molar-refractivity contribution in [1.29, 1.82) is 0 Å². The largest absolute Gasteiger partial charge is 0.364 e. The van der Waals surface area contributed by atoms with Gasteiger partial charge in [0.1, 0.15) is 11.1 Å². The molecule has 8 nitrogen and oxygen atoms in total. The number of anilines is 1. The molecule has 1 fully saturated rings. The van der Waals surface area contributed by atoms with E-state index in [1.54, 1.807) is 48.5 Å². The van der Waals surface area contributed by atoms with Crippen LogP contribution in [0, 0.1) is 0 Å². The van der Waals surface area contributed by atoms with Crippen LogP contribution in [0.1, 0.15) is 41.3 Å². The molecule has 9 heteroatoms. The molecule has 2 aromatic rings. The van der Waals surface area contributed by atoms with E-state index >= 15 is 0 Å². The summed E-state index contributed by atoms with van der Waals surface area (Å²) in [7, 11) is -3.61. The van der Waals surface area contributed by atoms with E-state index < -0.39 is 16.2 Å². The standard InChI is InChI=1S/C21H24N4O4S/c26-19-7-3-13-25(19)14-4-12-22-21(27)16-10-8-15(9-11-16)20-23-17-5-1-2-6-18(17)30(28,29)24-20/h1-2,5-6,8-11,20,23-24H,3-4,7,12-14H2,(H,22,27)/t20-/m1/s1. The zero-order chi connectivity index (χ0) is 21.1. The summed E-state index contributed by atoms with van der Waals surface area (Å²) >= 11 is 0. The van der Waals surface area contributed by atoms with Gasteiger partial charge >= 0.3 is 0 Å². The predicted molar refractivity (Wildman–Crippen MR) is 112 cm³/mol. The van der Waals surface area contributed by atoms with Crippen molar-refractivity contribution in [1.82, 2.24) is 14.9 Å². The Bertz CT molecular complexity index is 1050. The topological polar surface area (TPSA) is 108 Å². The first-order chi connectivity index (χ1) is 14.4. The van der Waals surface area contributed by atoms with Crippen molar-refractivity contribution in [2.45, 2.75) is 30.3 Å². The lowest BCUT2D eigenvalue weighted by Crippen LogP contribution is -2.38. The van der Waals surface area contributed by atoms with Crippen LogP contribution in [0.25, 0.3) is 0 Å². The SMILES string of the molecule is O=C(NCCCN1CCCC1=O)c1ccc([C@@H]2Nc3ccccc3S(=O)(=O)N2)cc1. The molecular weight excluding hydrogens is 404 g/mol. The minimum absolute atomic E-state index is 0.187. The van der Waals surface area contributed by atoms with Crippen LogP contribution in [-0.2, 0) is 14.8 Å². The van der Waals surface area contributed by atoms with Gasteiger partial charge in [-0.15, -0.1) is 0 Å². The fourth-order valence-corrected chi connectivity index (χ4v) is 5.02. The molecule has 2 aliphatic heterocycles. The second-order valence-corrected chi connectivity index (χ2v) is 9.09. The molecule has 0 unspecified atom stereocenters. The molecule has 1 saturated heterocycles. The molecule has 0 bridgehead atoms. The number of sulfonamides is 1. The highest BCUT2D eigenvalue weighted by Gasteiger charge is 2.29. The molecule has 1 atom stereocenters. The fourth-order valence-electron chi connectivity index (χ4n) is 3.72. The summed E-state index contributed by atoms with van der Waals surface area (Å²) in [4.78, 5) is 26.0. The number of rotatable bonds is 6. The van der Waals surface area contributed by atoms with Gasteiger partial charge < -0.3 is 15.5 Å². The number of fused-ring (bicyclic) bond motifs is 1. The highest BCUT2D eigenvalue weighted by Crippen LogP contribution is 2.30. The van der Waals surface area contributed by atoms with Crippen molar-refractivity contribution in [3.05, 3.63) is 59.7 Å². The molecule has 2 aliphatic rings. The highest BCUT2D eigenvalue weighted by molar-refractivity contribution is 7.89. The summed E-state index contributed by atoms with van der Waals surface area (Å²) in [5.74, 6) is -0.0108. The molecule has 0 radical (unpaired) electrons. The lowest BCUT2D eigenvalue weighted by molar-refractivity contribution is -0.127. The number of hydrogen-bond donors (Lipinski definition) is 3. The van der Waals surface area contributed by atoms with E-state index in [1.165, 1.54) is 0 Å². The Hall–Kier alpha value is -2.91. The maximum absolute atomic E-state index is 12.5. The average Bonchev–Trinajstić information content (AvgIpc) is 3.15. The lowest BCUT2D eigenvalue weighted by atomic mass is 10.1. The van der Waals surface area contributed by atoms with Crippen LogP contribution in [0.3, 0.4) is 0 Å². The summed E-state index contributed by atoms with van der Waals surface area (Å²) in [5.41, 5.74) is 1.74. The minimum Gasteiger partial charge on any atom is -0.364 e. The van der Waals surface area contributed by atoms with Gasteiger partial charge in [0.05, 0.1) is 5.69 Å². The van der Waals surface area contributed by atoms with Gasteiger partial charge in [0, 0.05) is 31.6 Å². The Morgan fingerprint density at radius 3 is 2.63 bits per heavy atom. The Labute approximate surface area is 175 Å². The van der Waals surface area contributed by atoms with Gasteiger partial charge in [-0.3, -0.25) is 9.59 Å².